The second-order valence-electron chi connectivity index (χ2n) is 15.3. The second kappa shape index (κ2) is 21.5. The van der Waals surface area contributed by atoms with E-state index in [9.17, 15) is 26.3 Å². The smallest absolute Gasteiger partial charge is 0.423 e. The van der Waals surface area contributed by atoms with Gasteiger partial charge in [-0.05, 0) is 107 Å². The van der Waals surface area contributed by atoms with E-state index in [2.05, 4.69) is 66.4 Å². The van der Waals surface area contributed by atoms with Gasteiger partial charge in [-0.25, -0.2) is 46.3 Å². The number of aryl methyl sites for hydroxylation is 2. The molecule has 14 nitrogen and oxygen atoms in total. The first-order valence-corrected chi connectivity index (χ1v) is 21.7. The standard InChI is InChI=1S/C24H17F3N6.C18H14BrFN6.C6H5BF2O2/c1-14-6-16(2-3-28-14)22-20(27)7-15(11-30-22)12-31-23-24-32-13-21(33(24)5-4-29-23)17-8-18(25)10-19(26)9-17;1-11-6-13(2-3-21-11)16-14(20)7-12(8-23-16)9-24-17-18-25-10-15(19)26(18)5-4-22-17;8-5-1-4(7(10)11)2-6(9)3-5/h2-11,13H,12H2,1H3,(H,29,31);2-8,10H,9H2,1H3,(H,22,24);1-3,10-11H. The Labute approximate surface area is 403 Å². The predicted octanol–water partition coefficient (Wildman–Crippen LogP) is 8.84. The quantitative estimate of drug-likeness (QED) is 0.0758. The van der Waals surface area contributed by atoms with Crippen molar-refractivity contribution in [1.29, 1.82) is 0 Å². The number of imidazole rings is 2. The van der Waals surface area contributed by atoms with Crippen LogP contribution in [0.5, 0.6) is 0 Å². The largest absolute Gasteiger partial charge is 0.488 e. The molecule has 10 rings (SSSR count). The number of fused-ring (bicyclic) bond motifs is 2. The summed E-state index contributed by atoms with van der Waals surface area (Å²) in [4.78, 5) is 34.0. The molecule has 0 atom stereocenters. The first-order chi connectivity index (χ1) is 33.7. The molecule has 4 N–H and O–H groups in total. The molecular weight excluding hydrogens is 981 g/mol. The minimum absolute atomic E-state index is 0.192. The molecule has 0 unspecified atom stereocenters. The van der Waals surface area contributed by atoms with E-state index in [1.807, 2.05) is 30.5 Å². The van der Waals surface area contributed by atoms with E-state index in [1.54, 1.807) is 72.2 Å². The molecule has 8 aromatic heterocycles. The van der Waals surface area contributed by atoms with Gasteiger partial charge in [-0.3, -0.25) is 28.7 Å². The second-order valence-corrected chi connectivity index (χ2v) is 16.1. The molecule has 8 heterocycles. The highest BCUT2D eigenvalue weighted by Crippen LogP contribution is 2.27. The number of benzene rings is 2. The Bertz CT molecular complexity index is 3450. The average molecular weight is 1020 g/mol. The Morgan fingerprint density at radius 3 is 1.47 bits per heavy atom. The number of pyridine rings is 4. The highest BCUT2D eigenvalue weighted by molar-refractivity contribution is 9.10. The van der Waals surface area contributed by atoms with Gasteiger partial charge < -0.3 is 20.7 Å². The van der Waals surface area contributed by atoms with Gasteiger partial charge in [0, 0.05) is 103 Å². The predicted molar refractivity (Wildman–Crippen MR) is 254 cm³/mol. The first-order valence-electron chi connectivity index (χ1n) is 20.9. The zero-order valence-corrected chi connectivity index (χ0v) is 38.3. The molecule has 0 amide bonds. The molecule has 0 aliphatic heterocycles. The van der Waals surface area contributed by atoms with Crippen molar-refractivity contribution in [2.75, 3.05) is 10.6 Å². The van der Waals surface area contributed by atoms with Gasteiger partial charge in [-0.1, -0.05) is 0 Å². The Balaban J connectivity index is 0.000000158. The number of anilines is 2. The van der Waals surface area contributed by atoms with Crippen LogP contribution in [0.25, 0.3) is 45.1 Å². The molecule has 22 heteroatoms. The third-order valence-corrected chi connectivity index (χ3v) is 10.8. The van der Waals surface area contributed by atoms with E-state index in [-0.39, 0.29) is 23.5 Å². The Kier molecular flexibility index (Phi) is 14.8. The summed E-state index contributed by atoms with van der Waals surface area (Å²) in [6.07, 6.45) is 16.4. The van der Waals surface area contributed by atoms with Crippen LogP contribution in [0, 0.1) is 48.8 Å². The third-order valence-electron chi connectivity index (χ3n) is 10.2. The molecule has 0 saturated carbocycles. The molecule has 10 aromatic rings. The molecule has 352 valence electrons. The van der Waals surface area contributed by atoms with E-state index in [4.69, 9.17) is 10.0 Å². The number of hydrogen-bond acceptors (Lipinski definition) is 12. The van der Waals surface area contributed by atoms with Crippen LogP contribution in [-0.2, 0) is 13.1 Å². The normalized spacial score (nSPS) is 10.9. The molecule has 0 aliphatic rings. The topological polar surface area (TPSA) is 176 Å². The van der Waals surface area contributed by atoms with Gasteiger partial charge in [0.05, 0.1) is 18.1 Å². The number of hydrogen-bond donors (Lipinski definition) is 4. The fraction of sp³-hybridized carbons (Fsp3) is 0.0833. The van der Waals surface area contributed by atoms with Crippen LogP contribution in [0.3, 0.4) is 0 Å². The Morgan fingerprint density at radius 1 is 0.514 bits per heavy atom. The number of nitrogens with zero attached hydrogens (tertiary/aromatic N) is 10. The summed E-state index contributed by atoms with van der Waals surface area (Å²) in [5.41, 5.74) is 6.70. The number of nitrogens with one attached hydrogen (secondary N) is 2. The maximum Gasteiger partial charge on any atom is 0.488 e. The van der Waals surface area contributed by atoms with Gasteiger partial charge in [0.2, 0.25) is 0 Å². The minimum Gasteiger partial charge on any atom is -0.423 e. The zero-order chi connectivity index (χ0) is 49.5. The fourth-order valence-corrected chi connectivity index (χ4v) is 7.42. The number of halogens is 7. The van der Waals surface area contributed by atoms with Gasteiger partial charge in [0.25, 0.3) is 0 Å². The summed E-state index contributed by atoms with van der Waals surface area (Å²) in [5, 5.41) is 23.3. The number of aromatic nitrogens is 10. The van der Waals surface area contributed by atoms with Crippen LogP contribution >= 0.6 is 15.9 Å². The molecular formula is C48H36BBrF6N12O2. The lowest BCUT2D eigenvalue weighted by Gasteiger charge is -2.09. The summed E-state index contributed by atoms with van der Waals surface area (Å²) in [7, 11) is -1.83. The van der Waals surface area contributed by atoms with E-state index in [0.29, 0.717) is 74.7 Å². The van der Waals surface area contributed by atoms with Crippen molar-refractivity contribution in [3.05, 3.63) is 197 Å². The lowest BCUT2D eigenvalue weighted by molar-refractivity contribution is 0.425. The Hall–Kier alpha value is -8.08. The van der Waals surface area contributed by atoms with Crippen LogP contribution in [0.2, 0.25) is 0 Å². The average Bonchev–Trinajstić information content (AvgIpc) is 3.94. The van der Waals surface area contributed by atoms with Gasteiger partial charge in [-0.2, -0.15) is 0 Å². The van der Waals surface area contributed by atoms with Crippen LogP contribution in [0.1, 0.15) is 22.5 Å². The monoisotopic (exact) mass is 1020 g/mol. The molecule has 2 aromatic carbocycles. The van der Waals surface area contributed by atoms with Crippen molar-refractivity contribution in [2.45, 2.75) is 26.9 Å². The number of rotatable bonds is 10. The van der Waals surface area contributed by atoms with Crippen molar-refractivity contribution in [1.82, 2.24) is 48.7 Å². The minimum atomic E-state index is -1.83. The van der Waals surface area contributed by atoms with E-state index in [0.717, 1.165) is 34.2 Å². The van der Waals surface area contributed by atoms with Crippen LogP contribution < -0.4 is 16.1 Å². The van der Waals surface area contributed by atoms with Gasteiger partial charge in [-0.15, -0.1) is 0 Å². The SMILES string of the molecule is Cc1cc(-c2ncc(CNc3nccn4c(-c5cc(F)cc(F)c5)cnc34)cc2F)ccn1.Cc1cc(-c2ncc(CNc3nccn4c(Br)cnc34)cc2F)ccn1.OB(O)c1cc(F)cc(F)c1. The van der Waals surface area contributed by atoms with Crippen molar-refractivity contribution >= 4 is 51.4 Å². The summed E-state index contributed by atoms with van der Waals surface area (Å²) >= 11 is 3.42. The van der Waals surface area contributed by atoms with Crippen molar-refractivity contribution in [3.8, 4) is 33.8 Å². The van der Waals surface area contributed by atoms with Crippen LogP contribution in [-0.4, -0.2) is 65.8 Å². The maximum absolute atomic E-state index is 14.7. The van der Waals surface area contributed by atoms with E-state index < -0.39 is 36.2 Å². The first kappa shape index (κ1) is 48.4. The molecule has 0 fully saturated rings. The summed E-state index contributed by atoms with van der Waals surface area (Å²) in [6, 6.07) is 15.6. The lowest BCUT2D eigenvalue weighted by Crippen LogP contribution is -2.30. The molecule has 0 saturated heterocycles. The van der Waals surface area contributed by atoms with Gasteiger partial charge in [0.1, 0.15) is 50.9 Å². The van der Waals surface area contributed by atoms with Crippen molar-refractivity contribution < 1.29 is 36.4 Å². The Morgan fingerprint density at radius 2 is 0.986 bits per heavy atom. The van der Waals surface area contributed by atoms with Gasteiger partial charge >= 0.3 is 7.12 Å². The van der Waals surface area contributed by atoms with Crippen molar-refractivity contribution in [3.63, 3.8) is 0 Å². The van der Waals surface area contributed by atoms with E-state index >= 15 is 0 Å². The molecule has 0 radical (unpaired) electrons. The van der Waals surface area contributed by atoms with Crippen molar-refractivity contribution in [2.24, 2.45) is 0 Å². The summed E-state index contributed by atoms with van der Waals surface area (Å²) in [6.45, 7) is 4.33. The van der Waals surface area contributed by atoms with Crippen LogP contribution in [0.15, 0.2) is 139 Å². The van der Waals surface area contributed by atoms with Gasteiger partial charge in [0.15, 0.2) is 22.9 Å². The highest BCUT2D eigenvalue weighted by Gasteiger charge is 2.16. The molecule has 0 spiro atoms. The van der Waals surface area contributed by atoms with Crippen LogP contribution in [0.4, 0.5) is 38.0 Å². The summed E-state index contributed by atoms with van der Waals surface area (Å²) < 4.78 is 85.6. The van der Waals surface area contributed by atoms with E-state index in [1.165, 1.54) is 30.5 Å². The highest BCUT2D eigenvalue weighted by atomic mass is 79.9. The molecule has 0 aliphatic carbocycles. The molecule has 0 bridgehead atoms. The zero-order valence-electron chi connectivity index (χ0n) is 36.7. The molecule has 70 heavy (non-hydrogen) atoms. The third kappa shape index (κ3) is 11.6. The maximum atomic E-state index is 14.7. The summed E-state index contributed by atoms with van der Waals surface area (Å²) in [5.74, 6) is -2.75. The lowest BCUT2D eigenvalue weighted by atomic mass is 9.80. The fourth-order valence-electron chi connectivity index (χ4n) is 7.03.